The number of methoxy groups -OCH3 is 1. The van der Waals surface area contributed by atoms with Crippen molar-refractivity contribution in [3.8, 4) is 0 Å². The quantitative estimate of drug-likeness (QED) is 0.682. The number of sulfonamides is 1. The molecule has 7 heteroatoms. The van der Waals surface area contributed by atoms with E-state index in [0.29, 0.717) is 12.5 Å². The van der Waals surface area contributed by atoms with Crippen molar-refractivity contribution in [1.82, 2.24) is 9.62 Å². The molecule has 106 valence electrons. The fraction of sp³-hybridized carbons (Fsp3) is 0.909. The molecule has 1 heterocycles. The Balaban J connectivity index is 2.42. The summed E-state index contributed by atoms with van der Waals surface area (Å²) in [5.41, 5.74) is 0. The maximum Gasteiger partial charge on any atom is 0.306 e. The first kappa shape index (κ1) is 15.4. The van der Waals surface area contributed by atoms with Crippen molar-refractivity contribution in [2.45, 2.75) is 19.3 Å². The smallest absolute Gasteiger partial charge is 0.306 e. The van der Waals surface area contributed by atoms with Crippen LogP contribution >= 0.6 is 0 Å². The number of carbonyl (C=O) groups is 1. The van der Waals surface area contributed by atoms with Crippen molar-refractivity contribution in [2.75, 3.05) is 39.5 Å². The van der Waals surface area contributed by atoms with E-state index in [2.05, 4.69) is 10.1 Å². The summed E-state index contributed by atoms with van der Waals surface area (Å²) in [4.78, 5) is 11.0. The fourth-order valence-electron chi connectivity index (χ4n) is 2.01. The second-order valence-corrected chi connectivity index (χ2v) is 6.81. The van der Waals surface area contributed by atoms with Gasteiger partial charge in [0.15, 0.2) is 0 Å². The Morgan fingerprint density at radius 3 is 2.56 bits per heavy atom. The number of ether oxygens (including phenoxy) is 1. The number of hydrogen-bond donors (Lipinski definition) is 1. The predicted octanol–water partition coefficient (Wildman–Crippen LogP) is -0.189. The second-order valence-electron chi connectivity index (χ2n) is 4.62. The zero-order chi connectivity index (χ0) is 13.6. The van der Waals surface area contributed by atoms with Crippen LogP contribution in [0.4, 0.5) is 0 Å². The topological polar surface area (TPSA) is 75.7 Å². The third-order valence-electron chi connectivity index (χ3n) is 3.24. The molecule has 0 amide bonds. The predicted molar refractivity (Wildman–Crippen MR) is 68.6 cm³/mol. The van der Waals surface area contributed by atoms with E-state index in [0.717, 1.165) is 25.9 Å². The number of piperidine rings is 1. The maximum absolute atomic E-state index is 11.9. The van der Waals surface area contributed by atoms with Crippen LogP contribution in [0.5, 0.6) is 0 Å². The monoisotopic (exact) mass is 278 g/mol. The molecule has 1 fully saturated rings. The molecule has 0 aliphatic carbocycles. The summed E-state index contributed by atoms with van der Waals surface area (Å²) in [6.45, 7) is 2.42. The molecule has 0 atom stereocenters. The van der Waals surface area contributed by atoms with Gasteiger partial charge in [0.1, 0.15) is 0 Å². The SMILES string of the molecule is COC(=O)CCS(=O)(=O)N(C)CC1CCNCC1. The van der Waals surface area contributed by atoms with E-state index in [-0.39, 0.29) is 12.2 Å². The highest BCUT2D eigenvalue weighted by atomic mass is 32.2. The molecule has 1 aliphatic rings. The lowest BCUT2D eigenvalue weighted by atomic mass is 9.98. The molecule has 0 aromatic rings. The Labute approximate surface area is 109 Å². The van der Waals surface area contributed by atoms with Crippen molar-refractivity contribution >= 4 is 16.0 Å². The van der Waals surface area contributed by atoms with Crippen LogP contribution in [0, 0.1) is 5.92 Å². The highest BCUT2D eigenvalue weighted by molar-refractivity contribution is 7.89. The first-order valence-electron chi connectivity index (χ1n) is 6.17. The van der Waals surface area contributed by atoms with Crippen LogP contribution in [0.15, 0.2) is 0 Å². The van der Waals surface area contributed by atoms with Gasteiger partial charge in [0.2, 0.25) is 10.0 Å². The molecule has 1 saturated heterocycles. The Kier molecular flexibility index (Phi) is 6.04. The van der Waals surface area contributed by atoms with E-state index in [1.54, 1.807) is 7.05 Å². The summed E-state index contributed by atoms with van der Waals surface area (Å²) in [5.74, 6) is -0.265. The highest BCUT2D eigenvalue weighted by Crippen LogP contribution is 2.14. The molecule has 0 saturated carbocycles. The van der Waals surface area contributed by atoms with E-state index in [9.17, 15) is 13.2 Å². The first-order valence-corrected chi connectivity index (χ1v) is 7.78. The van der Waals surface area contributed by atoms with Gasteiger partial charge in [0.05, 0.1) is 19.3 Å². The molecule has 0 bridgehead atoms. The maximum atomic E-state index is 11.9. The summed E-state index contributed by atoms with van der Waals surface area (Å²) in [5, 5.41) is 3.25. The van der Waals surface area contributed by atoms with Gasteiger partial charge in [0.25, 0.3) is 0 Å². The lowest BCUT2D eigenvalue weighted by Gasteiger charge is -2.27. The lowest BCUT2D eigenvalue weighted by molar-refractivity contribution is -0.140. The Bertz CT molecular complexity index is 363. The average Bonchev–Trinajstić information content (AvgIpc) is 2.37. The number of hydrogen-bond acceptors (Lipinski definition) is 5. The summed E-state index contributed by atoms with van der Waals surface area (Å²) in [6.07, 6.45) is 1.91. The molecular formula is C11H22N2O4S. The highest BCUT2D eigenvalue weighted by Gasteiger charge is 2.23. The van der Waals surface area contributed by atoms with Crippen molar-refractivity contribution in [3.63, 3.8) is 0 Å². The van der Waals surface area contributed by atoms with Crippen LogP contribution in [0.25, 0.3) is 0 Å². The normalized spacial score (nSPS) is 17.9. The summed E-state index contributed by atoms with van der Waals surface area (Å²) in [6, 6.07) is 0. The second kappa shape index (κ2) is 7.06. The number of nitrogens with one attached hydrogen (secondary N) is 1. The fourth-order valence-corrected chi connectivity index (χ4v) is 3.19. The van der Waals surface area contributed by atoms with Crippen LogP contribution in [-0.4, -0.2) is 58.2 Å². The molecule has 1 aliphatic heterocycles. The third-order valence-corrected chi connectivity index (χ3v) is 5.06. The van der Waals surface area contributed by atoms with Gasteiger partial charge < -0.3 is 10.1 Å². The number of esters is 1. The van der Waals surface area contributed by atoms with Crippen molar-refractivity contribution in [1.29, 1.82) is 0 Å². The molecule has 0 aromatic heterocycles. The first-order chi connectivity index (χ1) is 8.45. The van der Waals surface area contributed by atoms with Crippen LogP contribution in [-0.2, 0) is 19.6 Å². The molecule has 1 rings (SSSR count). The number of nitrogens with zero attached hydrogens (tertiary/aromatic N) is 1. The van der Waals surface area contributed by atoms with E-state index in [4.69, 9.17) is 0 Å². The zero-order valence-electron chi connectivity index (χ0n) is 11.0. The van der Waals surface area contributed by atoms with Crippen molar-refractivity contribution in [2.24, 2.45) is 5.92 Å². The van der Waals surface area contributed by atoms with Crippen LogP contribution < -0.4 is 5.32 Å². The molecule has 0 aromatic carbocycles. The largest absolute Gasteiger partial charge is 0.469 e. The van der Waals surface area contributed by atoms with Crippen LogP contribution in [0.1, 0.15) is 19.3 Å². The van der Waals surface area contributed by atoms with Gasteiger partial charge in [-0.3, -0.25) is 4.79 Å². The number of rotatable bonds is 6. The van der Waals surface area contributed by atoms with Gasteiger partial charge in [-0.25, -0.2) is 12.7 Å². The Morgan fingerprint density at radius 1 is 1.39 bits per heavy atom. The summed E-state index contributed by atoms with van der Waals surface area (Å²) >= 11 is 0. The zero-order valence-corrected chi connectivity index (χ0v) is 11.8. The molecule has 0 radical (unpaired) electrons. The average molecular weight is 278 g/mol. The Morgan fingerprint density at radius 2 is 2.00 bits per heavy atom. The third kappa shape index (κ3) is 4.91. The van der Waals surface area contributed by atoms with Crippen LogP contribution in [0.3, 0.4) is 0 Å². The molecule has 0 spiro atoms. The van der Waals surface area contributed by atoms with Gasteiger partial charge in [-0.2, -0.15) is 0 Å². The van der Waals surface area contributed by atoms with E-state index in [1.807, 2.05) is 0 Å². The molecule has 0 unspecified atom stereocenters. The van der Waals surface area contributed by atoms with Gasteiger partial charge in [-0.15, -0.1) is 0 Å². The van der Waals surface area contributed by atoms with Gasteiger partial charge in [-0.05, 0) is 31.8 Å². The molecular weight excluding hydrogens is 256 g/mol. The minimum atomic E-state index is -3.35. The molecule has 1 N–H and O–H groups in total. The lowest BCUT2D eigenvalue weighted by Crippen LogP contribution is -2.38. The van der Waals surface area contributed by atoms with E-state index < -0.39 is 16.0 Å². The summed E-state index contributed by atoms with van der Waals surface area (Å²) in [7, 11) is -0.517. The van der Waals surface area contributed by atoms with Crippen molar-refractivity contribution < 1.29 is 17.9 Å². The van der Waals surface area contributed by atoms with Crippen LogP contribution in [0.2, 0.25) is 0 Å². The van der Waals surface area contributed by atoms with E-state index >= 15 is 0 Å². The minimum Gasteiger partial charge on any atom is -0.469 e. The van der Waals surface area contributed by atoms with E-state index in [1.165, 1.54) is 11.4 Å². The standard InChI is InChI=1S/C11H22N2O4S/c1-13(9-10-3-6-12-7-4-10)18(15,16)8-5-11(14)17-2/h10,12H,3-9H2,1-2H3. The Hall–Kier alpha value is -0.660. The van der Waals surface area contributed by atoms with Gasteiger partial charge in [0, 0.05) is 13.6 Å². The molecule has 18 heavy (non-hydrogen) atoms. The van der Waals surface area contributed by atoms with Crippen molar-refractivity contribution in [3.05, 3.63) is 0 Å². The number of carbonyl (C=O) groups excluding carboxylic acids is 1. The summed E-state index contributed by atoms with van der Waals surface area (Å²) < 4.78 is 29.7. The van der Waals surface area contributed by atoms with Gasteiger partial charge in [-0.1, -0.05) is 0 Å². The molecule has 6 nitrogen and oxygen atoms in total. The van der Waals surface area contributed by atoms with Gasteiger partial charge >= 0.3 is 5.97 Å². The minimum absolute atomic E-state index is 0.0879.